The van der Waals surface area contributed by atoms with Crippen molar-refractivity contribution in [3.8, 4) is 22.3 Å². The van der Waals surface area contributed by atoms with Gasteiger partial charge in [-0.05, 0) is 97.1 Å². The van der Waals surface area contributed by atoms with Gasteiger partial charge in [0.1, 0.15) is 0 Å². The number of aryl methyl sites for hydroxylation is 1. The molecule has 0 saturated heterocycles. The Morgan fingerprint density at radius 1 is 0.528 bits per heavy atom. The number of fused-ring (bicyclic) bond motifs is 2. The molecular formula is C29H17F6I. The lowest BCUT2D eigenvalue weighted by Gasteiger charge is -2.20. The Labute approximate surface area is 216 Å². The minimum Gasteiger partial charge on any atom is -0.166 e. The number of benzene rings is 5. The number of hydrogen-bond acceptors (Lipinski definition) is 0. The summed E-state index contributed by atoms with van der Waals surface area (Å²) < 4.78 is 82.5. The van der Waals surface area contributed by atoms with E-state index in [9.17, 15) is 26.3 Å². The highest BCUT2D eigenvalue weighted by molar-refractivity contribution is 14.1. The molecule has 0 aliphatic rings. The molecule has 5 aromatic carbocycles. The summed E-state index contributed by atoms with van der Waals surface area (Å²) in [5.41, 5.74) is 0.671. The summed E-state index contributed by atoms with van der Waals surface area (Å²) in [6, 6.07) is 22.8. The van der Waals surface area contributed by atoms with Gasteiger partial charge in [-0.25, -0.2) is 0 Å². The molecule has 0 fully saturated rings. The van der Waals surface area contributed by atoms with Gasteiger partial charge in [-0.3, -0.25) is 0 Å². The van der Waals surface area contributed by atoms with E-state index in [2.05, 4.69) is 0 Å². The minimum atomic E-state index is -4.52. The number of rotatable bonds is 2. The van der Waals surface area contributed by atoms with E-state index in [4.69, 9.17) is 0 Å². The highest BCUT2D eigenvalue weighted by Crippen LogP contribution is 2.46. The van der Waals surface area contributed by atoms with Gasteiger partial charge in [-0.15, -0.1) is 0 Å². The van der Waals surface area contributed by atoms with Gasteiger partial charge in [0.25, 0.3) is 0 Å². The summed E-state index contributed by atoms with van der Waals surface area (Å²) in [6.45, 7) is 1.42. The molecule has 0 nitrogen and oxygen atoms in total. The van der Waals surface area contributed by atoms with E-state index in [1.165, 1.54) is 19.1 Å². The molecule has 36 heavy (non-hydrogen) atoms. The first-order chi connectivity index (χ1) is 17.0. The summed E-state index contributed by atoms with van der Waals surface area (Å²) in [4.78, 5) is 0. The van der Waals surface area contributed by atoms with Crippen molar-refractivity contribution in [2.75, 3.05) is 0 Å². The fraction of sp³-hybridized carbons (Fsp3) is 0.103. The van der Waals surface area contributed by atoms with E-state index in [1.54, 1.807) is 83.3 Å². The Hall–Kier alpha value is -3.07. The van der Waals surface area contributed by atoms with Crippen molar-refractivity contribution in [1.82, 2.24) is 0 Å². The van der Waals surface area contributed by atoms with Crippen LogP contribution in [0, 0.1) is 10.5 Å². The Morgan fingerprint density at radius 3 is 1.33 bits per heavy atom. The van der Waals surface area contributed by atoms with E-state index in [1.807, 2.05) is 0 Å². The maximum Gasteiger partial charge on any atom is 0.417 e. The number of hydrogen-bond donors (Lipinski definition) is 0. The van der Waals surface area contributed by atoms with Crippen LogP contribution in [0.3, 0.4) is 0 Å². The van der Waals surface area contributed by atoms with E-state index >= 15 is 0 Å². The smallest absolute Gasteiger partial charge is 0.166 e. The molecule has 0 aromatic heterocycles. The van der Waals surface area contributed by atoms with Crippen molar-refractivity contribution < 1.29 is 26.3 Å². The van der Waals surface area contributed by atoms with E-state index in [0.717, 1.165) is 12.1 Å². The van der Waals surface area contributed by atoms with Gasteiger partial charge in [0.15, 0.2) is 0 Å². The van der Waals surface area contributed by atoms with Gasteiger partial charge < -0.3 is 0 Å². The number of alkyl halides is 6. The van der Waals surface area contributed by atoms with Gasteiger partial charge in [-0.2, -0.15) is 26.3 Å². The molecule has 0 saturated carbocycles. The zero-order chi connectivity index (χ0) is 25.8. The lowest BCUT2D eigenvalue weighted by Crippen LogP contribution is -2.08. The van der Waals surface area contributed by atoms with Crippen LogP contribution in [0.5, 0.6) is 0 Å². The molecule has 0 bridgehead atoms. The van der Waals surface area contributed by atoms with Crippen LogP contribution < -0.4 is 0 Å². The van der Waals surface area contributed by atoms with Crippen molar-refractivity contribution in [3.63, 3.8) is 0 Å². The van der Waals surface area contributed by atoms with Crippen LogP contribution in [0.4, 0.5) is 26.3 Å². The molecule has 0 radical (unpaired) electrons. The molecule has 0 amide bonds. The van der Waals surface area contributed by atoms with Gasteiger partial charge in [0.2, 0.25) is 0 Å². The van der Waals surface area contributed by atoms with Gasteiger partial charge >= 0.3 is 12.4 Å². The molecule has 0 atom stereocenters. The van der Waals surface area contributed by atoms with Crippen LogP contribution in [0.1, 0.15) is 16.7 Å². The van der Waals surface area contributed by atoms with Crippen LogP contribution in [-0.2, 0) is 12.4 Å². The highest BCUT2D eigenvalue weighted by atomic mass is 127. The maximum absolute atomic E-state index is 13.7. The first-order valence-electron chi connectivity index (χ1n) is 11.0. The Kier molecular flexibility index (Phi) is 6.01. The summed E-state index contributed by atoms with van der Waals surface area (Å²) in [5.74, 6) is 0. The first-order valence-corrected chi connectivity index (χ1v) is 12.0. The molecule has 0 unspecified atom stereocenters. The highest BCUT2D eigenvalue weighted by Gasteiger charge is 2.34. The summed E-state index contributed by atoms with van der Waals surface area (Å²) in [7, 11) is 0. The molecule has 182 valence electrons. The molecule has 0 aliphatic carbocycles. The van der Waals surface area contributed by atoms with Crippen LogP contribution in [0.2, 0.25) is 0 Å². The van der Waals surface area contributed by atoms with Crippen molar-refractivity contribution >= 4 is 44.1 Å². The zero-order valence-electron chi connectivity index (χ0n) is 18.7. The molecular weight excluding hydrogens is 589 g/mol. The van der Waals surface area contributed by atoms with Crippen molar-refractivity contribution in [3.05, 3.63) is 105 Å². The molecule has 0 N–H and O–H groups in total. The average molecular weight is 606 g/mol. The normalized spacial score (nSPS) is 12.4. The number of halogens is 7. The van der Waals surface area contributed by atoms with E-state index in [0.29, 0.717) is 43.8 Å². The maximum atomic E-state index is 13.7. The Morgan fingerprint density at radius 2 is 0.917 bits per heavy atom. The van der Waals surface area contributed by atoms with E-state index < -0.39 is 23.5 Å². The van der Waals surface area contributed by atoms with Gasteiger partial charge in [-0.1, -0.05) is 66.7 Å². The zero-order valence-corrected chi connectivity index (χ0v) is 20.9. The lowest BCUT2D eigenvalue weighted by molar-refractivity contribution is -0.139. The monoisotopic (exact) mass is 606 g/mol. The molecule has 5 aromatic rings. The minimum absolute atomic E-state index is 0.0911. The van der Waals surface area contributed by atoms with Crippen molar-refractivity contribution in [2.45, 2.75) is 19.3 Å². The quantitative estimate of drug-likeness (QED) is 0.107. The Bertz CT molecular complexity index is 1450. The third kappa shape index (κ3) is 4.23. The molecule has 5 rings (SSSR count). The predicted molar refractivity (Wildman–Crippen MR) is 140 cm³/mol. The van der Waals surface area contributed by atoms with Crippen LogP contribution in [0.25, 0.3) is 43.8 Å². The summed E-state index contributed by atoms with van der Waals surface area (Å²) in [5, 5.41) is 2.65. The Balaban J connectivity index is 1.91. The molecule has 7 heteroatoms. The average Bonchev–Trinajstić information content (AvgIpc) is 2.82. The lowest BCUT2D eigenvalue weighted by atomic mass is 9.85. The first kappa shape index (κ1) is 24.6. The topological polar surface area (TPSA) is 0 Å². The second-order valence-electron chi connectivity index (χ2n) is 8.56. The third-order valence-electron chi connectivity index (χ3n) is 6.32. The van der Waals surface area contributed by atoms with Crippen molar-refractivity contribution in [1.29, 1.82) is 0 Å². The summed E-state index contributed by atoms with van der Waals surface area (Å²) in [6.07, 6.45) is -9.03. The molecule has 0 heterocycles. The van der Waals surface area contributed by atoms with Crippen LogP contribution in [-0.4, -0.2) is 0 Å². The predicted octanol–water partition coefficient (Wildman–Crippen LogP) is 10.3. The van der Waals surface area contributed by atoms with E-state index in [-0.39, 0.29) is 9.13 Å². The second kappa shape index (κ2) is 8.80. The van der Waals surface area contributed by atoms with Crippen LogP contribution >= 0.6 is 22.6 Å². The fourth-order valence-corrected chi connectivity index (χ4v) is 5.37. The van der Waals surface area contributed by atoms with Crippen molar-refractivity contribution in [2.24, 2.45) is 0 Å². The summed E-state index contributed by atoms with van der Waals surface area (Å²) >= 11 is 1.67. The molecule has 0 spiro atoms. The van der Waals surface area contributed by atoms with Gasteiger partial charge in [0, 0.05) is 3.57 Å². The SMILES string of the molecule is Cc1ccc(-c2c3ccccc3c(-c3ccc(I)c(C(F)(F)F)c3)c3ccccc23)cc1C(F)(F)F. The largest absolute Gasteiger partial charge is 0.417 e. The standard InChI is InChI=1S/C29H17F6I/c1-16-10-11-17(14-23(16)28(30,31)32)26-19-6-2-4-8-21(19)27(22-9-5-3-7-20(22)26)18-12-13-25(36)24(15-18)29(33,34)35/h2-15H,1H3. The molecule has 0 aliphatic heterocycles. The fourth-order valence-electron chi connectivity index (χ4n) is 4.73. The van der Waals surface area contributed by atoms with Crippen LogP contribution in [0.15, 0.2) is 84.9 Å². The third-order valence-corrected chi connectivity index (χ3v) is 7.26. The second-order valence-corrected chi connectivity index (χ2v) is 9.72. The van der Waals surface area contributed by atoms with Gasteiger partial charge in [0.05, 0.1) is 11.1 Å².